The molecule has 0 atom stereocenters. The molecule has 0 fully saturated rings. The fourth-order valence-corrected chi connectivity index (χ4v) is 1.80. The van der Waals surface area contributed by atoms with Crippen molar-refractivity contribution in [3.05, 3.63) is 11.8 Å². The van der Waals surface area contributed by atoms with E-state index in [4.69, 9.17) is 0 Å². The van der Waals surface area contributed by atoms with Crippen LogP contribution in [0.15, 0.2) is 6.07 Å². The average Bonchev–Trinajstić information content (AvgIpc) is 2.30. The summed E-state index contributed by atoms with van der Waals surface area (Å²) in [5.74, 6) is 0.469. The SMILES string of the molecule is Cc1cc(NS(=O)(=O)CBr)n(C)n1. The third-order valence-corrected chi connectivity index (χ3v) is 4.02. The van der Waals surface area contributed by atoms with Crippen molar-refractivity contribution in [1.82, 2.24) is 9.78 Å². The molecule has 1 aromatic heterocycles. The summed E-state index contributed by atoms with van der Waals surface area (Å²) in [4.78, 5) is 0. The van der Waals surface area contributed by atoms with Crippen molar-refractivity contribution in [2.75, 3.05) is 9.38 Å². The standard InChI is InChI=1S/C6H10BrN3O2S/c1-5-3-6(10(2)8-5)9-13(11,12)4-7/h3,9H,4H2,1-2H3. The molecule has 1 N–H and O–H groups in total. The molecule has 0 aliphatic heterocycles. The van der Waals surface area contributed by atoms with Crippen LogP contribution in [0.1, 0.15) is 5.69 Å². The monoisotopic (exact) mass is 267 g/mol. The maximum atomic E-state index is 11.1. The van der Waals surface area contributed by atoms with Crippen LogP contribution in [0.4, 0.5) is 5.82 Å². The highest BCUT2D eigenvalue weighted by atomic mass is 79.9. The van der Waals surface area contributed by atoms with Crippen LogP contribution >= 0.6 is 15.9 Å². The number of anilines is 1. The predicted molar refractivity (Wildman–Crippen MR) is 54.3 cm³/mol. The van der Waals surface area contributed by atoms with Gasteiger partial charge in [-0.25, -0.2) is 8.42 Å². The summed E-state index contributed by atoms with van der Waals surface area (Å²) in [6, 6.07) is 1.67. The Hall–Kier alpha value is -0.560. The second kappa shape index (κ2) is 3.67. The van der Waals surface area contributed by atoms with Gasteiger partial charge in [0.2, 0.25) is 10.0 Å². The molecule has 74 valence electrons. The topological polar surface area (TPSA) is 64.0 Å². The third kappa shape index (κ3) is 2.70. The number of nitrogens with one attached hydrogen (secondary N) is 1. The van der Waals surface area contributed by atoms with Crippen molar-refractivity contribution in [1.29, 1.82) is 0 Å². The zero-order chi connectivity index (χ0) is 10.1. The minimum absolute atomic E-state index is 0.121. The van der Waals surface area contributed by atoms with Gasteiger partial charge in [-0.3, -0.25) is 9.40 Å². The Labute approximate surface area is 85.3 Å². The van der Waals surface area contributed by atoms with E-state index in [9.17, 15) is 8.42 Å². The Bertz CT molecular complexity index is 398. The highest BCUT2D eigenvalue weighted by Gasteiger charge is 2.10. The van der Waals surface area contributed by atoms with Gasteiger partial charge in [-0.05, 0) is 6.92 Å². The van der Waals surface area contributed by atoms with E-state index >= 15 is 0 Å². The van der Waals surface area contributed by atoms with Gasteiger partial charge in [0, 0.05) is 13.1 Å². The number of nitrogens with zero attached hydrogens (tertiary/aromatic N) is 2. The second-order valence-electron chi connectivity index (χ2n) is 2.62. The minimum atomic E-state index is -3.28. The maximum Gasteiger partial charge on any atom is 0.243 e. The van der Waals surface area contributed by atoms with Gasteiger partial charge in [-0.1, -0.05) is 15.9 Å². The molecular weight excluding hydrogens is 258 g/mol. The smallest absolute Gasteiger partial charge is 0.243 e. The lowest BCUT2D eigenvalue weighted by Crippen LogP contribution is -2.15. The van der Waals surface area contributed by atoms with Gasteiger partial charge in [0.15, 0.2) is 0 Å². The van der Waals surface area contributed by atoms with Crippen molar-refractivity contribution in [3.63, 3.8) is 0 Å². The van der Waals surface area contributed by atoms with Crippen molar-refractivity contribution < 1.29 is 8.42 Å². The number of hydrogen-bond donors (Lipinski definition) is 1. The molecule has 0 saturated heterocycles. The van der Waals surface area contributed by atoms with Crippen molar-refractivity contribution in [2.24, 2.45) is 7.05 Å². The van der Waals surface area contributed by atoms with Gasteiger partial charge >= 0.3 is 0 Å². The van der Waals surface area contributed by atoms with E-state index in [0.29, 0.717) is 5.82 Å². The number of aryl methyl sites for hydroxylation is 2. The average molecular weight is 268 g/mol. The summed E-state index contributed by atoms with van der Waals surface area (Å²) in [5, 5.41) is 4.00. The van der Waals surface area contributed by atoms with E-state index in [1.54, 1.807) is 20.0 Å². The van der Waals surface area contributed by atoms with Crippen LogP contribution in [0.5, 0.6) is 0 Å². The summed E-state index contributed by atoms with van der Waals surface area (Å²) in [6.45, 7) is 1.80. The van der Waals surface area contributed by atoms with Crippen LogP contribution in [-0.2, 0) is 17.1 Å². The quantitative estimate of drug-likeness (QED) is 0.825. The number of hydrogen-bond acceptors (Lipinski definition) is 3. The number of rotatable bonds is 3. The van der Waals surface area contributed by atoms with Gasteiger partial charge in [0.05, 0.1) is 5.69 Å². The minimum Gasteiger partial charge on any atom is -0.267 e. The molecule has 0 unspecified atom stereocenters. The Balaban J connectivity index is 2.92. The number of halogens is 1. The van der Waals surface area contributed by atoms with Crippen LogP contribution in [0.25, 0.3) is 0 Å². The van der Waals surface area contributed by atoms with Crippen molar-refractivity contribution in [3.8, 4) is 0 Å². The lowest BCUT2D eigenvalue weighted by Gasteiger charge is -2.03. The molecule has 0 aromatic carbocycles. The van der Waals surface area contributed by atoms with Crippen molar-refractivity contribution in [2.45, 2.75) is 6.92 Å². The molecule has 0 amide bonds. The molecule has 0 bridgehead atoms. The molecule has 0 radical (unpaired) electrons. The van der Waals surface area contributed by atoms with E-state index in [1.807, 2.05) is 0 Å². The lowest BCUT2D eigenvalue weighted by molar-refractivity contribution is 0.605. The molecule has 0 aliphatic rings. The Morgan fingerprint density at radius 3 is 2.69 bits per heavy atom. The first-order valence-corrected chi connectivity index (χ1v) is 6.29. The summed E-state index contributed by atoms with van der Waals surface area (Å²) >= 11 is 2.88. The molecule has 7 heteroatoms. The Morgan fingerprint density at radius 2 is 2.31 bits per heavy atom. The van der Waals surface area contributed by atoms with Crippen LogP contribution in [0.2, 0.25) is 0 Å². The van der Waals surface area contributed by atoms with Crippen LogP contribution in [0, 0.1) is 6.92 Å². The first kappa shape index (κ1) is 10.5. The van der Waals surface area contributed by atoms with E-state index in [1.165, 1.54) is 4.68 Å². The van der Waals surface area contributed by atoms with Gasteiger partial charge < -0.3 is 0 Å². The van der Waals surface area contributed by atoms with E-state index in [0.717, 1.165) is 5.69 Å². The van der Waals surface area contributed by atoms with E-state index in [2.05, 4.69) is 25.8 Å². The zero-order valence-electron chi connectivity index (χ0n) is 7.28. The highest BCUT2D eigenvalue weighted by molar-refractivity contribution is 9.10. The summed E-state index contributed by atoms with van der Waals surface area (Å²) < 4.78 is 26.0. The molecule has 0 aliphatic carbocycles. The predicted octanol–water partition coefficient (Wildman–Crippen LogP) is 0.823. The number of aromatic nitrogens is 2. The second-order valence-corrected chi connectivity index (χ2v) is 5.65. The molecule has 0 spiro atoms. The molecule has 1 heterocycles. The Kier molecular flexibility index (Phi) is 2.97. The summed E-state index contributed by atoms with van der Waals surface area (Å²) in [5.41, 5.74) is 0.773. The zero-order valence-corrected chi connectivity index (χ0v) is 9.68. The largest absolute Gasteiger partial charge is 0.267 e. The normalized spacial score (nSPS) is 11.6. The van der Waals surface area contributed by atoms with Crippen molar-refractivity contribution >= 4 is 31.8 Å². The summed E-state index contributed by atoms with van der Waals surface area (Å²) in [6.07, 6.45) is 0. The molecule has 1 rings (SSSR count). The van der Waals surface area contributed by atoms with Gasteiger partial charge in [0.1, 0.15) is 10.5 Å². The van der Waals surface area contributed by atoms with Gasteiger partial charge in [-0.15, -0.1) is 0 Å². The van der Waals surface area contributed by atoms with Gasteiger partial charge in [-0.2, -0.15) is 5.10 Å². The summed E-state index contributed by atoms with van der Waals surface area (Å²) in [7, 11) is -1.60. The van der Waals surface area contributed by atoms with Crippen LogP contribution < -0.4 is 4.72 Å². The first-order valence-electron chi connectivity index (χ1n) is 3.52. The molecule has 0 saturated carbocycles. The van der Waals surface area contributed by atoms with Crippen LogP contribution in [0.3, 0.4) is 0 Å². The highest BCUT2D eigenvalue weighted by Crippen LogP contribution is 2.10. The molecule has 5 nitrogen and oxygen atoms in total. The molecular formula is C6H10BrN3O2S. The molecule has 1 aromatic rings. The third-order valence-electron chi connectivity index (χ3n) is 1.41. The number of alkyl halides is 1. The fraction of sp³-hybridized carbons (Fsp3) is 0.500. The fourth-order valence-electron chi connectivity index (χ4n) is 0.893. The molecule has 13 heavy (non-hydrogen) atoms. The van der Waals surface area contributed by atoms with E-state index < -0.39 is 10.0 Å². The first-order chi connectivity index (χ1) is 5.94. The van der Waals surface area contributed by atoms with E-state index in [-0.39, 0.29) is 4.66 Å². The van der Waals surface area contributed by atoms with Gasteiger partial charge in [0.25, 0.3) is 0 Å². The lowest BCUT2D eigenvalue weighted by atomic mass is 10.5. The maximum absolute atomic E-state index is 11.1. The van der Waals surface area contributed by atoms with Crippen LogP contribution in [-0.4, -0.2) is 22.9 Å². The number of sulfonamides is 1. The Morgan fingerprint density at radius 1 is 1.69 bits per heavy atom.